The highest BCUT2D eigenvalue weighted by molar-refractivity contribution is 5.82. The summed E-state index contributed by atoms with van der Waals surface area (Å²) in [6.07, 6.45) is 5.97. The normalized spacial score (nSPS) is 17.0. The van der Waals surface area contributed by atoms with E-state index in [0.717, 1.165) is 25.9 Å². The van der Waals surface area contributed by atoms with Gasteiger partial charge >= 0.3 is 0 Å². The first-order valence-corrected chi connectivity index (χ1v) is 8.84. The summed E-state index contributed by atoms with van der Waals surface area (Å²) in [6, 6.07) is 6.79. The van der Waals surface area contributed by atoms with Crippen molar-refractivity contribution in [1.82, 2.24) is 14.5 Å². The molecule has 0 spiro atoms. The van der Waals surface area contributed by atoms with Crippen molar-refractivity contribution in [3.05, 3.63) is 40.9 Å². The summed E-state index contributed by atoms with van der Waals surface area (Å²) in [7, 11) is 0. The van der Waals surface area contributed by atoms with E-state index in [-0.39, 0.29) is 17.4 Å². The van der Waals surface area contributed by atoms with Crippen LogP contribution in [0.2, 0.25) is 0 Å². The van der Waals surface area contributed by atoms with E-state index >= 15 is 0 Å². The fraction of sp³-hybridized carbons (Fsp3) is 0.526. The maximum Gasteiger partial charge on any atom is 0.261 e. The van der Waals surface area contributed by atoms with Crippen LogP contribution in [0.4, 0.5) is 0 Å². The molecule has 5 heteroatoms. The van der Waals surface area contributed by atoms with Gasteiger partial charge < -0.3 is 4.90 Å². The molecule has 1 unspecified atom stereocenters. The largest absolute Gasteiger partial charge is 0.341 e. The summed E-state index contributed by atoms with van der Waals surface area (Å²) >= 11 is 0. The van der Waals surface area contributed by atoms with E-state index in [1.165, 1.54) is 23.7 Å². The fourth-order valence-electron chi connectivity index (χ4n) is 3.48. The first-order valence-electron chi connectivity index (χ1n) is 8.84. The zero-order valence-electron chi connectivity index (χ0n) is 14.4. The average molecular weight is 327 g/mol. The van der Waals surface area contributed by atoms with Gasteiger partial charge in [-0.15, -0.1) is 0 Å². The lowest BCUT2D eigenvalue weighted by Crippen LogP contribution is -2.43. The minimum absolute atomic E-state index is 0.0291. The number of hydrogen-bond acceptors (Lipinski definition) is 3. The number of fused-ring (bicyclic) bond motifs is 1. The maximum atomic E-state index is 13.1. The third-order valence-corrected chi connectivity index (χ3v) is 4.79. The van der Waals surface area contributed by atoms with Gasteiger partial charge in [0.15, 0.2) is 0 Å². The Hall–Kier alpha value is -2.17. The van der Waals surface area contributed by atoms with Gasteiger partial charge in [-0.1, -0.05) is 38.8 Å². The number of rotatable bonds is 3. The predicted octanol–water partition coefficient (Wildman–Crippen LogP) is 3.00. The summed E-state index contributed by atoms with van der Waals surface area (Å²) < 4.78 is 1.53. The van der Waals surface area contributed by atoms with E-state index in [0.29, 0.717) is 10.9 Å². The highest BCUT2D eigenvalue weighted by Gasteiger charge is 2.30. The topological polar surface area (TPSA) is 55.2 Å². The van der Waals surface area contributed by atoms with Gasteiger partial charge in [-0.25, -0.2) is 4.98 Å². The van der Waals surface area contributed by atoms with E-state index in [1.54, 1.807) is 6.07 Å². The Morgan fingerprint density at radius 2 is 1.75 bits per heavy atom. The average Bonchev–Trinajstić information content (AvgIpc) is 2.86. The Labute approximate surface area is 142 Å². The first-order chi connectivity index (χ1) is 11.6. The van der Waals surface area contributed by atoms with Crippen LogP contribution >= 0.6 is 0 Å². The van der Waals surface area contributed by atoms with Crippen molar-refractivity contribution < 1.29 is 4.79 Å². The Bertz CT molecular complexity index is 774. The summed E-state index contributed by atoms with van der Waals surface area (Å²) in [6.45, 7) is 5.56. The molecular formula is C19H25N3O2. The number of carbonyl (C=O) groups is 1. The van der Waals surface area contributed by atoms with Crippen molar-refractivity contribution in [3.8, 4) is 0 Å². The quantitative estimate of drug-likeness (QED) is 0.871. The Balaban J connectivity index is 2.00. The monoisotopic (exact) mass is 327 g/mol. The minimum Gasteiger partial charge on any atom is -0.341 e. The molecule has 0 N–H and O–H groups in total. The summed E-state index contributed by atoms with van der Waals surface area (Å²) in [5.41, 5.74) is 0.533. The van der Waals surface area contributed by atoms with Crippen molar-refractivity contribution in [2.45, 2.75) is 45.6 Å². The molecule has 0 bridgehead atoms. The van der Waals surface area contributed by atoms with E-state index in [4.69, 9.17) is 0 Å². The van der Waals surface area contributed by atoms with Gasteiger partial charge in [-0.2, -0.15) is 0 Å². The van der Waals surface area contributed by atoms with Crippen LogP contribution in [0.5, 0.6) is 0 Å². The zero-order valence-corrected chi connectivity index (χ0v) is 14.4. The lowest BCUT2D eigenvalue weighted by atomic mass is 10.0. The molecule has 1 fully saturated rings. The summed E-state index contributed by atoms with van der Waals surface area (Å²) in [4.78, 5) is 32.3. The van der Waals surface area contributed by atoms with Crippen LogP contribution in [0.15, 0.2) is 35.4 Å². The van der Waals surface area contributed by atoms with Gasteiger partial charge in [-0.3, -0.25) is 14.2 Å². The predicted molar refractivity (Wildman–Crippen MR) is 94.9 cm³/mol. The van der Waals surface area contributed by atoms with Gasteiger partial charge in [0.1, 0.15) is 6.04 Å². The first kappa shape index (κ1) is 16.7. The van der Waals surface area contributed by atoms with Crippen LogP contribution in [0.3, 0.4) is 0 Å². The second kappa shape index (κ2) is 7.16. The Morgan fingerprint density at radius 3 is 2.42 bits per heavy atom. The summed E-state index contributed by atoms with van der Waals surface area (Å²) in [5.74, 6) is 0.0764. The van der Waals surface area contributed by atoms with Crippen LogP contribution in [0, 0.1) is 5.92 Å². The molecule has 1 aromatic carbocycles. The second-order valence-corrected chi connectivity index (χ2v) is 6.90. The fourth-order valence-corrected chi connectivity index (χ4v) is 3.48. The molecule has 0 aliphatic carbocycles. The number of nitrogens with zero attached hydrogens (tertiary/aromatic N) is 3. The van der Waals surface area contributed by atoms with Crippen molar-refractivity contribution in [2.75, 3.05) is 13.1 Å². The van der Waals surface area contributed by atoms with Crippen LogP contribution in [0.1, 0.15) is 45.6 Å². The van der Waals surface area contributed by atoms with Gasteiger partial charge in [-0.05, 0) is 30.9 Å². The number of likely N-dealkylation sites (tertiary alicyclic amines) is 1. The molecule has 1 saturated heterocycles. The second-order valence-electron chi connectivity index (χ2n) is 6.90. The molecule has 3 rings (SSSR count). The molecule has 1 amide bonds. The number of amides is 1. The van der Waals surface area contributed by atoms with E-state index in [1.807, 2.05) is 36.9 Å². The molecule has 5 nitrogen and oxygen atoms in total. The van der Waals surface area contributed by atoms with Crippen LogP contribution in [-0.2, 0) is 4.79 Å². The molecule has 1 aliphatic heterocycles. The molecular weight excluding hydrogens is 302 g/mol. The van der Waals surface area contributed by atoms with Crippen molar-refractivity contribution in [3.63, 3.8) is 0 Å². The lowest BCUT2D eigenvalue weighted by Gasteiger charge is -2.29. The van der Waals surface area contributed by atoms with Crippen LogP contribution < -0.4 is 5.56 Å². The molecule has 1 atom stereocenters. The van der Waals surface area contributed by atoms with Gasteiger partial charge in [0.2, 0.25) is 5.91 Å². The van der Waals surface area contributed by atoms with E-state index in [2.05, 4.69) is 4.98 Å². The zero-order chi connectivity index (χ0) is 17.1. The number of aromatic nitrogens is 2. The molecule has 24 heavy (non-hydrogen) atoms. The third-order valence-electron chi connectivity index (χ3n) is 4.79. The number of hydrogen-bond donors (Lipinski definition) is 0. The third kappa shape index (κ3) is 3.21. The van der Waals surface area contributed by atoms with Gasteiger partial charge in [0.25, 0.3) is 5.56 Å². The highest BCUT2D eigenvalue weighted by Crippen LogP contribution is 2.22. The molecule has 2 heterocycles. The minimum atomic E-state index is -0.493. The SMILES string of the molecule is CC(C)C(C(=O)N1CCCCCC1)n1cnc2ccccc2c1=O. The van der Waals surface area contributed by atoms with Crippen LogP contribution in [-0.4, -0.2) is 33.4 Å². The van der Waals surface area contributed by atoms with Gasteiger partial charge in [0.05, 0.1) is 17.2 Å². The van der Waals surface area contributed by atoms with E-state index in [9.17, 15) is 9.59 Å². The lowest BCUT2D eigenvalue weighted by molar-refractivity contribution is -0.136. The van der Waals surface area contributed by atoms with E-state index < -0.39 is 6.04 Å². The molecule has 128 valence electrons. The standard InChI is InChI=1S/C19H25N3O2/c1-14(2)17(19(24)21-11-7-3-4-8-12-21)22-13-20-16-10-6-5-9-15(16)18(22)23/h5-6,9-10,13-14,17H,3-4,7-8,11-12H2,1-2H3. The number of para-hydroxylation sites is 1. The number of benzene rings is 1. The Morgan fingerprint density at radius 1 is 1.08 bits per heavy atom. The molecule has 2 aromatic rings. The highest BCUT2D eigenvalue weighted by atomic mass is 16.2. The smallest absolute Gasteiger partial charge is 0.261 e. The summed E-state index contributed by atoms with van der Waals surface area (Å²) in [5, 5.41) is 0.564. The maximum absolute atomic E-state index is 13.1. The van der Waals surface area contributed by atoms with Gasteiger partial charge in [0, 0.05) is 13.1 Å². The van der Waals surface area contributed by atoms with Crippen molar-refractivity contribution in [2.24, 2.45) is 5.92 Å². The molecule has 0 saturated carbocycles. The molecule has 0 radical (unpaired) electrons. The van der Waals surface area contributed by atoms with Crippen molar-refractivity contribution in [1.29, 1.82) is 0 Å². The number of carbonyl (C=O) groups excluding carboxylic acids is 1. The van der Waals surface area contributed by atoms with Crippen LogP contribution in [0.25, 0.3) is 10.9 Å². The molecule has 1 aromatic heterocycles. The molecule has 1 aliphatic rings. The van der Waals surface area contributed by atoms with Crippen molar-refractivity contribution >= 4 is 16.8 Å². The Kier molecular flexibility index (Phi) is 4.97.